The minimum atomic E-state index is -0.207. The van der Waals surface area contributed by atoms with Crippen molar-refractivity contribution in [3.8, 4) is 5.88 Å². The third kappa shape index (κ3) is 2.89. The molecule has 0 N–H and O–H groups in total. The zero-order chi connectivity index (χ0) is 14.7. The second-order valence-electron chi connectivity index (χ2n) is 4.84. The Kier molecular flexibility index (Phi) is 3.85. The lowest BCUT2D eigenvalue weighted by Gasteiger charge is -2.36. The van der Waals surface area contributed by atoms with Crippen LogP contribution in [-0.4, -0.2) is 43.3 Å². The van der Waals surface area contributed by atoms with E-state index in [0.717, 1.165) is 37.7 Å². The molecule has 1 saturated heterocycles. The van der Waals surface area contributed by atoms with Crippen LogP contribution in [0.25, 0.3) is 0 Å². The number of halogens is 1. The molecule has 1 aromatic heterocycles. The minimum Gasteiger partial charge on any atom is -0.478 e. The number of nitrogens with zero attached hydrogens (tertiary/aromatic N) is 4. The molecule has 0 aliphatic carbocycles. The summed E-state index contributed by atoms with van der Waals surface area (Å²) in [6.45, 7) is 3.36. The number of benzene rings is 1. The molecule has 0 radical (unpaired) electrons. The topological polar surface area (TPSA) is 41.5 Å². The van der Waals surface area contributed by atoms with Crippen LogP contribution in [0.3, 0.4) is 0 Å². The van der Waals surface area contributed by atoms with Crippen LogP contribution in [-0.2, 0) is 0 Å². The van der Waals surface area contributed by atoms with Crippen LogP contribution in [0, 0.1) is 5.82 Å². The van der Waals surface area contributed by atoms with Gasteiger partial charge in [0.2, 0.25) is 0 Å². The monoisotopic (exact) mass is 288 g/mol. The maximum absolute atomic E-state index is 13.0. The van der Waals surface area contributed by atoms with Gasteiger partial charge >= 0.3 is 0 Å². The van der Waals surface area contributed by atoms with Gasteiger partial charge in [-0.3, -0.25) is 0 Å². The Morgan fingerprint density at radius 3 is 2.24 bits per heavy atom. The second kappa shape index (κ2) is 5.95. The maximum atomic E-state index is 13.0. The van der Waals surface area contributed by atoms with Crippen molar-refractivity contribution < 1.29 is 9.13 Å². The van der Waals surface area contributed by atoms with E-state index in [4.69, 9.17) is 4.74 Å². The zero-order valence-electron chi connectivity index (χ0n) is 11.9. The molecular formula is C15H17FN4O. The lowest BCUT2D eigenvalue weighted by molar-refractivity contribution is 0.394. The van der Waals surface area contributed by atoms with Crippen LogP contribution in [0.2, 0.25) is 0 Å². The van der Waals surface area contributed by atoms with Gasteiger partial charge in [0, 0.05) is 44.3 Å². The smallest absolute Gasteiger partial charge is 0.257 e. The van der Waals surface area contributed by atoms with Gasteiger partial charge in [0.05, 0.1) is 7.11 Å². The van der Waals surface area contributed by atoms with Gasteiger partial charge in [0.25, 0.3) is 5.88 Å². The predicted molar refractivity (Wildman–Crippen MR) is 79.4 cm³/mol. The molecule has 1 aliphatic rings. The molecule has 110 valence electrons. The highest BCUT2D eigenvalue weighted by atomic mass is 19.1. The number of rotatable bonds is 3. The van der Waals surface area contributed by atoms with Crippen molar-refractivity contribution in [3.05, 3.63) is 42.5 Å². The molecule has 5 nitrogen and oxygen atoms in total. The number of aromatic nitrogens is 2. The third-order valence-electron chi connectivity index (χ3n) is 3.61. The van der Waals surface area contributed by atoms with E-state index in [1.807, 2.05) is 12.1 Å². The summed E-state index contributed by atoms with van der Waals surface area (Å²) in [5.41, 5.74) is 1.04. The van der Waals surface area contributed by atoms with Crippen LogP contribution in [0.4, 0.5) is 15.9 Å². The fourth-order valence-electron chi connectivity index (χ4n) is 2.51. The molecule has 3 rings (SSSR count). The normalized spacial score (nSPS) is 15.1. The Morgan fingerprint density at radius 1 is 0.952 bits per heavy atom. The molecule has 1 aromatic carbocycles. The molecule has 6 heteroatoms. The highest BCUT2D eigenvalue weighted by molar-refractivity contribution is 5.52. The number of anilines is 2. The summed E-state index contributed by atoms with van der Waals surface area (Å²) in [6, 6.07) is 6.61. The summed E-state index contributed by atoms with van der Waals surface area (Å²) in [7, 11) is 1.60. The summed E-state index contributed by atoms with van der Waals surface area (Å²) in [5, 5.41) is 0. The van der Waals surface area contributed by atoms with E-state index in [-0.39, 0.29) is 5.82 Å². The summed E-state index contributed by atoms with van der Waals surface area (Å²) >= 11 is 0. The van der Waals surface area contributed by atoms with E-state index in [1.54, 1.807) is 19.5 Å². The van der Waals surface area contributed by atoms with Crippen LogP contribution in [0.15, 0.2) is 36.7 Å². The van der Waals surface area contributed by atoms with Gasteiger partial charge in [0.15, 0.2) is 5.82 Å². The summed E-state index contributed by atoms with van der Waals surface area (Å²) in [4.78, 5) is 12.9. The van der Waals surface area contributed by atoms with E-state index in [0.29, 0.717) is 5.88 Å². The largest absolute Gasteiger partial charge is 0.478 e. The Labute approximate surface area is 123 Å². The first-order chi connectivity index (χ1) is 10.3. The van der Waals surface area contributed by atoms with Crippen molar-refractivity contribution in [2.24, 2.45) is 0 Å². The minimum absolute atomic E-state index is 0.207. The number of methoxy groups -OCH3 is 1. The van der Waals surface area contributed by atoms with Crippen molar-refractivity contribution in [2.75, 3.05) is 43.1 Å². The van der Waals surface area contributed by atoms with Gasteiger partial charge in [-0.1, -0.05) is 0 Å². The second-order valence-corrected chi connectivity index (χ2v) is 4.84. The van der Waals surface area contributed by atoms with Gasteiger partial charge in [-0.2, -0.15) is 0 Å². The number of hydrogen-bond donors (Lipinski definition) is 0. The molecule has 2 aromatic rings. The highest BCUT2D eigenvalue weighted by Crippen LogP contribution is 2.24. The van der Waals surface area contributed by atoms with E-state index < -0.39 is 0 Å². The van der Waals surface area contributed by atoms with Gasteiger partial charge in [-0.05, 0) is 24.3 Å². The maximum Gasteiger partial charge on any atom is 0.257 e. The van der Waals surface area contributed by atoms with Crippen molar-refractivity contribution in [2.45, 2.75) is 0 Å². The van der Waals surface area contributed by atoms with E-state index in [1.165, 1.54) is 12.1 Å². The average molecular weight is 288 g/mol. The third-order valence-corrected chi connectivity index (χ3v) is 3.61. The first kappa shape index (κ1) is 13.6. The van der Waals surface area contributed by atoms with Crippen LogP contribution in [0.5, 0.6) is 5.88 Å². The molecule has 0 spiro atoms. The lowest BCUT2D eigenvalue weighted by Crippen LogP contribution is -2.47. The molecule has 1 fully saturated rings. The summed E-state index contributed by atoms with van der Waals surface area (Å²) in [5.74, 6) is 1.12. The van der Waals surface area contributed by atoms with Gasteiger partial charge in [-0.15, -0.1) is 0 Å². The fourth-order valence-corrected chi connectivity index (χ4v) is 2.51. The molecule has 2 heterocycles. The highest BCUT2D eigenvalue weighted by Gasteiger charge is 2.21. The average Bonchev–Trinajstić information content (AvgIpc) is 2.56. The predicted octanol–water partition coefficient (Wildman–Crippen LogP) is 1.95. The molecule has 0 atom stereocenters. The van der Waals surface area contributed by atoms with Gasteiger partial charge in [0.1, 0.15) is 5.82 Å². The number of ether oxygens (including phenoxy) is 1. The van der Waals surface area contributed by atoms with Gasteiger partial charge in [-0.25, -0.2) is 14.4 Å². The lowest BCUT2D eigenvalue weighted by atomic mass is 10.2. The SMILES string of the molecule is COc1nccnc1N1CCN(c2ccc(F)cc2)CC1. The Balaban J connectivity index is 1.69. The van der Waals surface area contributed by atoms with Crippen LogP contribution < -0.4 is 14.5 Å². The Hall–Kier alpha value is -2.37. The molecular weight excluding hydrogens is 271 g/mol. The fraction of sp³-hybridized carbons (Fsp3) is 0.333. The van der Waals surface area contributed by atoms with Crippen molar-refractivity contribution in [3.63, 3.8) is 0 Å². The first-order valence-electron chi connectivity index (χ1n) is 6.88. The van der Waals surface area contributed by atoms with Crippen molar-refractivity contribution in [1.82, 2.24) is 9.97 Å². The quantitative estimate of drug-likeness (QED) is 0.863. The molecule has 0 unspecified atom stereocenters. The van der Waals surface area contributed by atoms with Crippen molar-refractivity contribution >= 4 is 11.5 Å². The standard InChI is InChI=1S/C15H17FN4O/c1-21-15-14(17-6-7-18-15)20-10-8-19(9-11-20)13-4-2-12(16)3-5-13/h2-7H,8-11H2,1H3. The van der Waals surface area contributed by atoms with Crippen LogP contribution >= 0.6 is 0 Å². The number of hydrogen-bond acceptors (Lipinski definition) is 5. The number of piperazine rings is 1. The Bertz CT molecular complexity index is 597. The van der Waals surface area contributed by atoms with E-state index >= 15 is 0 Å². The van der Waals surface area contributed by atoms with Crippen LogP contribution in [0.1, 0.15) is 0 Å². The zero-order valence-corrected chi connectivity index (χ0v) is 11.9. The molecule has 1 aliphatic heterocycles. The first-order valence-corrected chi connectivity index (χ1v) is 6.88. The molecule has 0 amide bonds. The van der Waals surface area contributed by atoms with Gasteiger partial charge < -0.3 is 14.5 Å². The molecule has 21 heavy (non-hydrogen) atoms. The summed E-state index contributed by atoms with van der Waals surface area (Å²) in [6.07, 6.45) is 3.29. The van der Waals surface area contributed by atoms with Crippen molar-refractivity contribution in [1.29, 1.82) is 0 Å². The summed E-state index contributed by atoms with van der Waals surface area (Å²) < 4.78 is 18.2. The molecule has 0 saturated carbocycles. The Morgan fingerprint density at radius 2 is 1.57 bits per heavy atom. The van der Waals surface area contributed by atoms with E-state index in [9.17, 15) is 4.39 Å². The van der Waals surface area contributed by atoms with E-state index in [2.05, 4.69) is 19.8 Å². The molecule has 0 bridgehead atoms.